The van der Waals surface area contributed by atoms with Crippen LogP contribution in [0.1, 0.15) is 130 Å². The van der Waals surface area contributed by atoms with Crippen LogP contribution in [0.15, 0.2) is 0 Å². The molecule has 0 saturated carbocycles. The lowest BCUT2D eigenvalue weighted by molar-refractivity contribution is -0.134. The highest BCUT2D eigenvalue weighted by molar-refractivity contribution is 8.00. The summed E-state index contributed by atoms with van der Waals surface area (Å²) in [6, 6.07) is -1.32. The fraction of sp³-hybridized carbons (Fsp3) is 0.878. The maximum atomic E-state index is 12.2. The number of unbranched alkanes of at least 4 members (excludes halogenated alkanes) is 7. The van der Waals surface area contributed by atoms with Gasteiger partial charge in [-0.3, -0.25) is 24.0 Å². The average molecular weight is 896 g/mol. The van der Waals surface area contributed by atoms with E-state index < -0.39 is 47.4 Å². The smallest absolute Gasteiger partial charge is 0.219 e. The van der Waals surface area contributed by atoms with E-state index in [1.54, 1.807) is 0 Å². The standard InChI is InChI=1S/C37H68N4O11S2.C4H9NO/c1-25(43)40-32-34(49)28(45)23-51-36(32)53-20-12-4-10-18-38-30(47)16-7-3-6-14-27(22-42)15-8-9-17-31(48)39-19-11-5-13-21-54-37-33(41-26(2)44)35(50)29(46)24-52-37;1-2-3-4(5)6/h27-29,32-37,42,45-46,49-50H,3-24H2,1-2H3,(H,38,47)(H,39,48)(H,40,43)(H,41,44);2-3H2,1H3,(H2,5,6)/t27?,28-,29-,32?,33?,34+,35+,36-,37-;/m0./s1. The molecule has 0 aromatic carbocycles. The Morgan fingerprint density at radius 1 is 0.633 bits per heavy atom. The van der Waals surface area contributed by atoms with Crippen molar-refractivity contribution in [2.24, 2.45) is 11.7 Å². The van der Waals surface area contributed by atoms with Gasteiger partial charge in [-0.25, -0.2) is 0 Å². The Labute approximate surface area is 365 Å². The van der Waals surface area contributed by atoms with Crippen LogP contribution in [0.5, 0.6) is 0 Å². The molecule has 9 atom stereocenters. The summed E-state index contributed by atoms with van der Waals surface area (Å²) in [4.78, 5) is 57.2. The van der Waals surface area contributed by atoms with E-state index in [1.165, 1.54) is 37.4 Å². The molecule has 2 aliphatic heterocycles. The van der Waals surface area contributed by atoms with Crippen molar-refractivity contribution in [2.45, 2.75) is 177 Å². The quantitative estimate of drug-likeness (QED) is 0.0459. The molecule has 2 heterocycles. The second-order valence-electron chi connectivity index (χ2n) is 15.6. The zero-order chi connectivity index (χ0) is 44.7. The Morgan fingerprint density at radius 3 is 1.43 bits per heavy atom. The molecule has 17 nitrogen and oxygen atoms in total. The number of nitrogens with one attached hydrogen (secondary N) is 4. The van der Waals surface area contributed by atoms with Gasteiger partial charge in [-0.05, 0) is 75.2 Å². The third-order valence-electron chi connectivity index (χ3n) is 10.1. The number of carbonyl (C=O) groups excluding carboxylic acids is 5. The Kier molecular flexibility index (Phi) is 31.9. The molecule has 0 aliphatic carbocycles. The van der Waals surface area contributed by atoms with Gasteiger partial charge in [-0.1, -0.05) is 39.0 Å². The molecule has 2 fully saturated rings. The van der Waals surface area contributed by atoms with E-state index >= 15 is 0 Å². The molecular weight excluding hydrogens is 819 g/mol. The maximum Gasteiger partial charge on any atom is 0.219 e. The van der Waals surface area contributed by atoms with Gasteiger partial charge in [0.15, 0.2) is 0 Å². The van der Waals surface area contributed by atoms with Crippen LogP contribution in [-0.2, 0) is 33.4 Å². The molecule has 2 rings (SSSR count). The summed E-state index contributed by atoms with van der Waals surface area (Å²) in [5, 5.41) is 61.2. The molecule has 2 aliphatic rings. The van der Waals surface area contributed by atoms with Crippen LogP contribution in [0.3, 0.4) is 0 Å². The van der Waals surface area contributed by atoms with E-state index in [2.05, 4.69) is 21.3 Å². The minimum absolute atomic E-state index is 0.0284. The third kappa shape index (κ3) is 26.3. The van der Waals surface area contributed by atoms with Crippen LogP contribution in [0.25, 0.3) is 0 Å². The lowest BCUT2D eigenvalue weighted by Crippen LogP contribution is -2.59. The number of hydrogen-bond donors (Lipinski definition) is 10. The second kappa shape index (κ2) is 34.3. The molecule has 350 valence electrons. The van der Waals surface area contributed by atoms with Crippen molar-refractivity contribution in [1.82, 2.24) is 21.3 Å². The Morgan fingerprint density at radius 2 is 1.05 bits per heavy atom. The highest BCUT2D eigenvalue weighted by atomic mass is 32.2. The number of ether oxygens (including phenoxy) is 2. The maximum absolute atomic E-state index is 12.2. The summed E-state index contributed by atoms with van der Waals surface area (Å²) in [6.45, 7) is 6.07. The number of thioether (sulfide) groups is 2. The summed E-state index contributed by atoms with van der Waals surface area (Å²) in [5.41, 5.74) is 3.92. The van der Waals surface area contributed by atoms with Gasteiger partial charge in [-0.15, -0.1) is 23.5 Å². The van der Waals surface area contributed by atoms with Gasteiger partial charge >= 0.3 is 0 Å². The second-order valence-corrected chi connectivity index (χ2v) is 18.1. The third-order valence-corrected chi connectivity index (χ3v) is 12.7. The lowest BCUT2D eigenvalue weighted by Gasteiger charge is -2.38. The number of primary amides is 1. The first-order chi connectivity index (χ1) is 28.7. The first kappa shape index (κ1) is 55.8. The van der Waals surface area contributed by atoms with Crippen LogP contribution < -0.4 is 27.0 Å². The predicted molar refractivity (Wildman–Crippen MR) is 234 cm³/mol. The van der Waals surface area contributed by atoms with E-state index in [1.807, 2.05) is 6.92 Å². The highest BCUT2D eigenvalue weighted by Gasteiger charge is 2.40. The van der Waals surface area contributed by atoms with Crippen LogP contribution in [0.2, 0.25) is 0 Å². The number of aliphatic hydroxyl groups is 5. The summed E-state index contributed by atoms with van der Waals surface area (Å²) in [7, 11) is 0. The molecule has 19 heteroatoms. The van der Waals surface area contributed by atoms with Crippen molar-refractivity contribution in [1.29, 1.82) is 0 Å². The Balaban J connectivity index is 0.00000278. The number of amides is 5. The zero-order valence-corrected chi connectivity index (χ0v) is 37.8. The van der Waals surface area contributed by atoms with Crippen molar-refractivity contribution in [3.8, 4) is 0 Å². The molecule has 5 amide bonds. The lowest BCUT2D eigenvalue weighted by atomic mass is 9.95. The summed E-state index contributed by atoms with van der Waals surface area (Å²) in [6.07, 6.45) is 9.60. The van der Waals surface area contributed by atoms with E-state index in [0.29, 0.717) is 32.4 Å². The first-order valence-electron chi connectivity index (χ1n) is 21.8. The Bertz CT molecular complexity index is 1210. The number of aliphatic hydroxyl groups excluding tert-OH is 5. The topological polar surface area (TPSA) is 279 Å². The molecule has 0 spiro atoms. The number of rotatable bonds is 30. The van der Waals surface area contributed by atoms with Gasteiger partial charge in [0, 0.05) is 52.8 Å². The fourth-order valence-electron chi connectivity index (χ4n) is 6.70. The van der Waals surface area contributed by atoms with Crippen molar-refractivity contribution in [3.63, 3.8) is 0 Å². The minimum atomic E-state index is -1.07. The Hall–Kier alpha value is -2.23. The average Bonchev–Trinajstić information content (AvgIpc) is 3.19. The predicted octanol–water partition coefficient (Wildman–Crippen LogP) is 1.58. The molecule has 0 radical (unpaired) electrons. The molecular formula is C41H77N5O12S2. The van der Waals surface area contributed by atoms with Crippen LogP contribution in [0.4, 0.5) is 0 Å². The normalized spacial score (nSPS) is 24.3. The molecule has 60 heavy (non-hydrogen) atoms. The molecule has 0 aromatic heterocycles. The molecule has 2 saturated heterocycles. The van der Waals surface area contributed by atoms with Gasteiger partial charge in [0.2, 0.25) is 29.5 Å². The van der Waals surface area contributed by atoms with Gasteiger partial charge < -0.3 is 62.0 Å². The summed E-state index contributed by atoms with van der Waals surface area (Å²) >= 11 is 3.01. The largest absolute Gasteiger partial charge is 0.396 e. The highest BCUT2D eigenvalue weighted by Crippen LogP contribution is 2.27. The van der Waals surface area contributed by atoms with Gasteiger partial charge in [0.1, 0.15) is 35.3 Å². The molecule has 3 unspecified atom stereocenters. The van der Waals surface area contributed by atoms with Gasteiger partial charge in [-0.2, -0.15) is 0 Å². The van der Waals surface area contributed by atoms with E-state index in [4.69, 9.17) is 15.2 Å². The van der Waals surface area contributed by atoms with Crippen LogP contribution >= 0.6 is 23.5 Å². The monoisotopic (exact) mass is 896 g/mol. The molecule has 0 bridgehead atoms. The first-order valence-corrected chi connectivity index (χ1v) is 23.9. The summed E-state index contributed by atoms with van der Waals surface area (Å²) < 4.78 is 11.2. The van der Waals surface area contributed by atoms with Crippen molar-refractivity contribution < 1.29 is 59.0 Å². The van der Waals surface area contributed by atoms with E-state index in [9.17, 15) is 49.5 Å². The van der Waals surface area contributed by atoms with Crippen molar-refractivity contribution >= 4 is 53.1 Å². The van der Waals surface area contributed by atoms with Crippen molar-refractivity contribution in [2.75, 3.05) is 44.4 Å². The minimum Gasteiger partial charge on any atom is -0.396 e. The molecule has 11 N–H and O–H groups in total. The molecule has 0 aromatic rings. The van der Waals surface area contributed by atoms with Gasteiger partial charge in [0.05, 0.1) is 25.3 Å². The number of carbonyl (C=O) groups is 5. The zero-order valence-electron chi connectivity index (χ0n) is 36.2. The number of nitrogens with two attached hydrogens (primary N) is 1. The van der Waals surface area contributed by atoms with E-state index in [-0.39, 0.29) is 55.3 Å². The summed E-state index contributed by atoms with van der Waals surface area (Å²) in [5.74, 6) is 1.05. The van der Waals surface area contributed by atoms with Gasteiger partial charge in [0.25, 0.3) is 0 Å². The fourth-order valence-corrected chi connectivity index (χ4v) is 9.13. The SMILES string of the molecule is CC(=O)NC1[C@H](SCCCCCNC(=O)CCCCCC(CO)CCCCC(=O)NCCCCCS[C@@H]2OC[C@H](O)[C@@H](O)C2NC(C)=O)OC[C@H](O)[C@H]1O.CCCC(N)=O. The van der Waals surface area contributed by atoms with Crippen LogP contribution in [-0.4, -0.2) is 147 Å². The van der Waals surface area contributed by atoms with E-state index in [0.717, 1.165) is 101 Å². The number of hydrogen-bond acceptors (Lipinski definition) is 14. The van der Waals surface area contributed by atoms with Crippen molar-refractivity contribution in [3.05, 3.63) is 0 Å². The van der Waals surface area contributed by atoms with Crippen LogP contribution in [0, 0.1) is 5.92 Å².